The lowest BCUT2D eigenvalue weighted by molar-refractivity contribution is -0.113. The van der Waals surface area contributed by atoms with Gasteiger partial charge in [-0.1, -0.05) is 41.0 Å². The summed E-state index contributed by atoms with van der Waals surface area (Å²) in [7, 11) is 0. The van der Waals surface area contributed by atoms with Crippen LogP contribution >= 0.6 is 35.0 Å². The van der Waals surface area contributed by atoms with E-state index in [1.807, 2.05) is 4.57 Å². The maximum atomic E-state index is 13.0. The van der Waals surface area contributed by atoms with E-state index in [0.717, 1.165) is 5.82 Å². The van der Waals surface area contributed by atoms with Crippen molar-refractivity contribution in [2.45, 2.75) is 24.5 Å². The van der Waals surface area contributed by atoms with E-state index < -0.39 is 0 Å². The molecular weight excluding hydrogens is 474 g/mol. The third-order valence-corrected chi connectivity index (χ3v) is 5.76. The van der Waals surface area contributed by atoms with E-state index >= 15 is 0 Å². The molecule has 1 N–H and O–H groups in total. The Morgan fingerprint density at radius 2 is 2.00 bits per heavy atom. The number of ether oxygens (including phenoxy) is 1. The van der Waals surface area contributed by atoms with Crippen LogP contribution in [-0.2, 0) is 17.8 Å². The number of carbonyl (C=O) groups is 1. The number of amides is 1. The van der Waals surface area contributed by atoms with Gasteiger partial charge in [0.25, 0.3) is 0 Å². The molecular formula is C22H21Cl2FN4O2S. The maximum Gasteiger partial charge on any atom is 0.234 e. The van der Waals surface area contributed by atoms with Crippen molar-refractivity contribution in [3.63, 3.8) is 0 Å². The van der Waals surface area contributed by atoms with E-state index in [-0.39, 0.29) is 17.5 Å². The van der Waals surface area contributed by atoms with Crippen molar-refractivity contribution in [2.24, 2.45) is 0 Å². The first kappa shape index (κ1) is 24.1. The number of aromatic nitrogens is 3. The number of allylic oxidation sites excluding steroid dienone is 1. The van der Waals surface area contributed by atoms with Gasteiger partial charge in [-0.15, -0.1) is 16.8 Å². The molecule has 0 saturated carbocycles. The molecule has 0 spiro atoms. The van der Waals surface area contributed by atoms with E-state index in [9.17, 15) is 9.18 Å². The van der Waals surface area contributed by atoms with Crippen molar-refractivity contribution in [3.05, 3.63) is 76.8 Å². The summed E-state index contributed by atoms with van der Waals surface area (Å²) < 4.78 is 20.6. The topological polar surface area (TPSA) is 69.0 Å². The van der Waals surface area contributed by atoms with Gasteiger partial charge in [0.15, 0.2) is 5.16 Å². The molecule has 6 nitrogen and oxygen atoms in total. The smallest absolute Gasteiger partial charge is 0.234 e. The highest BCUT2D eigenvalue weighted by Crippen LogP contribution is 2.27. The molecule has 2 aromatic carbocycles. The molecule has 168 valence electrons. The molecule has 0 saturated heterocycles. The van der Waals surface area contributed by atoms with Gasteiger partial charge in [-0.2, -0.15) is 0 Å². The SMILES string of the molecule is C=CCn1c(CCCOc2ccc(Cl)cc2Cl)nnc1SCC(=O)Nc1ccc(F)cc1. The number of anilines is 1. The molecule has 0 aliphatic heterocycles. The second-order valence-electron chi connectivity index (χ2n) is 6.67. The molecule has 1 amide bonds. The molecule has 0 unspecified atom stereocenters. The monoisotopic (exact) mass is 494 g/mol. The first-order chi connectivity index (χ1) is 15.5. The van der Waals surface area contributed by atoms with Gasteiger partial charge in [-0.3, -0.25) is 4.79 Å². The second-order valence-corrected chi connectivity index (χ2v) is 8.45. The summed E-state index contributed by atoms with van der Waals surface area (Å²) in [5.41, 5.74) is 0.533. The third-order valence-electron chi connectivity index (χ3n) is 4.26. The standard InChI is InChI=1S/C22H21Cl2FN4O2S/c1-2-11-29-20(4-3-12-31-19-10-5-15(23)13-18(19)24)27-28-22(29)32-14-21(30)26-17-8-6-16(25)7-9-17/h2,5-10,13H,1,3-4,11-12,14H2,(H,26,30). The minimum absolute atomic E-state index is 0.144. The number of benzene rings is 2. The molecule has 10 heteroatoms. The predicted octanol–water partition coefficient (Wildman–Crippen LogP) is 5.65. The van der Waals surface area contributed by atoms with Crippen molar-refractivity contribution in [1.29, 1.82) is 0 Å². The van der Waals surface area contributed by atoms with Crippen molar-refractivity contribution < 1.29 is 13.9 Å². The lowest BCUT2D eigenvalue weighted by Crippen LogP contribution is -2.15. The summed E-state index contributed by atoms with van der Waals surface area (Å²) in [5.74, 6) is 0.919. The van der Waals surface area contributed by atoms with Gasteiger partial charge < -0.3 is 14.6 Å². The quantitative estimate of drug-likeness (QED) is 0.212. The van der Waals surface area contributed by atoms with Crippen LogP contribution in [-0.4, -0.2) is 33.0 Å². The molecule has 0 bridgehead atoms. The van der Waals surface area contributed by atoms with Crippen molar-refractivity contribution in [2.75, 3.05) is 17.7 Å². The number of nitrogens with zero attached hydrogens (tertiary/aromatic N) is 3. The van der Waals surface area contributed by atoms with Crippen LogP contribution in [0.4, 0.5) is 10.1 Å². The summed E-state index contributed by atoms with van der Waals surface area (Å²) in [6.45, 7) is 4.75. The fourth-order valence-electron chi connectivity index (χ4n) is 2.79. The van der Waals surface area contributed by atoms with Crippen LogP contribution in [0.2, 0.25) is 10.0 Å². The molecule has 0 fully saturated rings. The van der Waals surface area contributed by atoms with E-state index in [0.29, 0.717) is 52.6 Å². The van der Waals surface area contributed by atoms with Gasteiger partial charge >= 0.3 is 0 Å². The van der Waals surface area contributed by atoms with Crippen LogP contribution in [0.5, 0.6) is 5.75 Å². The average Bonchev–Trinajstić information content (AvgIpc) is 3.14. The summed E-state index contributed by atoms with van der Waals surface area (Å²) in [4.78, 5) is 12.2. The van der Waals surface area contributed by atoms with Crippen LogP contribution in [0.15, 0.2) is 60.3 Å². The van der Waals surface area contributed by atoms with Gasteiger partial charge in [-0.25, -0.2) is 4.39 Å². The Hall–Kier alpha value is -2.55. The molecule has 32 heavy (non-hydrogen) atoms. The van der Waals surface area contributed by atoms with E-state index in [4.69, 9.17) is 27.9 Å². The van der Waals surface area contributed by atoms with E-state index in [1.54, 1.807) is 24.3 Å². The van der Waals surface area contributed by atoms with E-state index in [2.05, 4.69) is 22.1 Å². The number of rotatable bonds is 11. The molecule has 1 aromatic heterocycles. The van der Waals surface area contributed by atoms with Crippen molar-refractivity contribution in [1.82, 2.24) is 14.8 Å². The van der Waals surface area contributed by atoms with Crippen LogP contribution in [0.1, 0.15) is 12.2 Å². The zero-order valence-corrected chi connectivity index (χ0v) is 19.4. The molecule has 3 rings (SSSR count). The number of thioether (sulfide) groups is 1. The number of aryl methyl sites for hydroxylation is 1. The van der Waals surface area contributed by atoms with Gasteiger partial charge in [0.2, 0.25) is 5.91 Å². The number of halogens is 3. The van der Waals surface area contributed by atoms with Gasteiger partial charge in [0.05, 0.1) is 17.4 Å². The summed E-state index contributed by atoms with van der Waals surface area (Å²) in [6.07, 6.45) is 3.08. The third kappa shape index (κ3) is 6.98. The van der Waals surface area contributed by atoms with Gasteiger partial charge in [0, 0.05) is 23.7 Å². The summed E-state index contributed by atoms with van der Waals surface area (Å²) >= 11 is 13.3. The highest BCUT2D eigenvalue weighted by Gasteiger charge is 2.14. The van der Waals surface area contributed by atoms with Gasteiger partial charge in [-0.05, 0) is 48.9 Å². The Morgan fingerprint density at radius 3 is 2.72 bits per heavy atom. The lowest BCUT2D eigenvalue weighted by Gasteiger charge is -2.10. The molecule has 0 atom stereocenters. The Kier molecular flexibility index (Phi) is 8.96. The zero-order chi connectivity index (χ0) is 22.9. The van der Waals surface area contributed by atoms with Crippen LogP contribution in [0.3, 0.4) is 0 Å². The highest BCUT2D eigenvalue weighted by molar-refractivity contribution is 7.99. The fraction of sp³-hybridized carbons (Fsp3) is 0.227. The van der Waals surface area contributed by atoms with Crippen molar-refractivity contribution in [3.8, 4) is 5.75 Å². The predicted molar refractivity (Wildman–Crippen MR) is 126 cm³/mol. The molecule has 0 aliphatic rings. The van der Waals surface area contributed by atoms with Crippen molar-refractivity contribution >= 4 is 46.6 Å². The fourth-order valence-corrected chi connectivity index (χ4v) is 4.02. The number of carbonyl (C=O) groups excluding carboxylic acids is 1. The number of nitrogens with one attached hydrogen (secondary N) is 1. The van der Waals surface area contributed by atoms with Crippen LogP contribution in [0, 0.1) is 5.82 Å². The lowest BCUT2D eigenvalue weighted by atomic mass is 10.3. The highest BCUT2D eigenvalue weighted by atomic mass is 35.5. The largest absolute Gasteiger partial charge is 0.492 e. The Bertz CT molecular complexity index is 1080. The first-order valence-corrected chi connectivity index (χ1v) is 11.5. The van der Waals surface area contributed by atoms with E-state index in [1.165, 1.54) is 36.0 Å². The number of hydrogen-bond acceptors (Lipinski definition) is 5. The minimum Gasteiger partial charge on any atom is -0.492 e. The molecule has 3 aromatic rings. The average molecular weight is 495 g/mol. The Morgan fingerprint density at radius 1 is 1.22 bits per heavy atom. The Balaban J connectivity index is 1.52. The van der Waals surface area contributed by atoms with Crippen LogP contribution < -0.4 is 10.1 Å². The normalized spacial score (nSPS) is 10.7. The molecule has 0 radical (unpaired) electrons. The van der Waals surface area contributed by atoms with Crippen LogP contribution in [0.25, 0.3) is 0 Å². The molecule has 1 heterocycles. The maximum absolute atomic E-state index is 13.0. The minimum atomic E-state index is -0.357. The number of hydrogen-bond donors (Lipinski definition) is 1. The Labute approximate surface area is 199 Å². The zero-order valence-electron chi connectivity index (χ0n) is 17.1. The molecule has 0 aliphatic carbocycles. The second kappa shape index (κ2) is 11.9. The summed E-state index contributed by atoms with van der Waals surface area (Å²) in [6, 6.07) is 10.7. The summed E-state index contributed by atoms with van der Waals surface area (Å²) in [5, 5.41) is 12.8. The van der Waals surface area contributed by atoms with Gasteiger partial charge in [0.1, 0.15) is 17.4 Å². The first-order valence-electron chi connectivity index (χ1n) is 9.75.